The molecule has 0 saturated heterocycles. The molecule has 0 aliphatic heterocycles. The first-order chi connectivity index (χ1) is 56.4. The lowest BCUT2D eigenvalue weighted by Crippen LogP contribution is -2.10. The maximum atomic E-state index is 2.37. The second-order valence-electron chi connectivity index (χ2n) is 30.0. The van der Waals surface area contributed by atoms with E-state index in [-0.39, 0.29) is 0 Å². The quantitative estimate of drug-likeness (QED) is 0.113. The largest absolute Gasteiger partial charge is 0.311 e. The van der Waals surface area contributed by atoms with Crippen molar-refractivity contribution in [2.45, 2.75) is 13.8 Å². The molecule has 0 bridgehead atoms. The molecule has 0 amide bonds. The van der Waals surface area contributed by atoms with Crippen LogP contribution in [0.1, 0.15) is 11.1 Å². The molecule has 0 radical (unpaired) electrons. The number of fused-ring (bicyclic) bond motifs is 12. The minimum absolute atomic E-state index is 1.10. The molecule has 4 nitrogen and oxygen atoms in total. The van der Waals surface area contributed by atoms with Crippen molar-refractivity contribution in [3.05, 3.63) is 436 Å². The summed E-state index contributed by atoms with van der Waals surface area (Å²) in [6.07, 6.45) is 0. The van der Waals surface area contributed by atoms with E-state index in [0.29, 0.717) is 0 Å². The van der Waals surface area contributed by atoms with Crippen LogP contribution in [0.25, 0.3) is 164 Å². The molecule has 22 rings (SSSR count). The fourth-order valence-electron chi connectivity index (χ4n) is 18.0. The SMILES string of the molecule is Cc1ccc2c(-c3ccc(N(c4ccccc4)c4ccc(-n5c6ccccc6c6ccccc65)cc4)cc3)c3ccccc3c(-c3ccc4ccccc4c3)c2c1.Cc1ccc2c(-c3ccc4ccccc4c3)c3ccccc3c(-c3ccc(N(c4ccccc4)c4ccc(-n5c6ccccc6c6ccccc65)cc4)cc3)c2c1. The molecule has 0 atom stereocenters. The number of aryl methyl sites for hydroxylation is 2. The minimum atomic E-state index is 1.10. The van der Waals surface area contributed by atoms with Crippen LogP contribution in [-0.2, 0) is 0 Å². The number of benzene rings is 20. The summed E-state index contributed by atoms with van der Waals surface area (Å²) in [5.41, 5.74) is 26.2. The summed E-state index contributed by atoms with van der Waals surface area (Å²) in [7, 11) is 0. The van der Waals surface area contributed by atoms with Gasteiger partial charge in [-0.15, -0.1) is 0 Å². The fraction of sp³-hybridized carbons (Fsp3) is 0.0182. The van der Waals surface area contributed by atoms with E-state index in [0.717, 1.165) is 45.5 Å². The van der Waals surface area contributed by atoms with Crippen LogP contribution >= 0.6 is 0 Å². The average Bonchev–Trinajstić information content (AvgIpc) is 1.34. The molecule has 0 aliphatic rings. The van der Waals surface area contributed by atoms with Crippen LogP contribution < -0.4 is 9.80 Å². The molecule has 22 aromatic rings. The van der Waals surface area contributed by atoms with Crippen molar-refractivity contribution in [1.29, 1.82) is 0 Å². The molecule has 0 spiro atoms. The lowest BCUT2D eigenvalue weighted by Gasteiger charge is -2.26. The summed E-state index contributed by atoms with van der Waals surface area (Å²) in [5, 5.41) is 20.2. The molecule has 0 unspecified atom stereocenters. The van der Waals surface area contributed by atoms with Crippen LogP contribution in [0.2, 0.25) is 0 Å². The van der Waals surface area contributed by atoms with E-state index in [1.54, 1.807) is 0 Å². The highest BCUT2D eigenvalue weighted by Gasteiger charge is 2.23. The Labute approximate surface area is 662 Å². The topological polar surface area (TPSA) is 16.3 Å². The predicted octanol–water partition coefficient (Wildman–Crippen LogP) is 30.7. The van der Waals surface area contributed by atoms with Crippen molar-refractivity contribution in [1.82, 2.24) is 9.13 Å². The third-order valence-corrected chi connectivity index (χ3v) is 23.2. The van der Waals surface area contributed by atoms with Crippen LogP contribution in [0, 0.1) is 13.8 Å². The summed E-state index contributed by atoms with van der Waals surface area (Å²) in [5.74, 6) is 0. The Morgan fingerprint density at radius 2 is 0.412 bits per heavy atom. The molecule has 0 N–H and O–H groups in total. The van der Waals surface area contributed by atoms with E-state index in [1.807, 2.05) is 0 Å². The molecular formula is C110H76N4. The number of aromatic nitrogens is 2. The highest BCUT2D eigenvalue weighted by Crippen LogP contribution is 2.49. The first kappa shape index (κ1) is 67.3. The Hall–Kier alpha value is -14.8. The summed E-state index contributed by atoms with van der Waals surface area (Å²) < 4.78 is 4.75. The molecular weight excluding hydrogens is 1380 g/mol. The van der Waals surface area contributed by atoms with Crippen molar-refractivity contribution in [3.8, 4) is 55.9 Å². The van der Waals surface area contributed by atoms with Gasteiger partial charge in [0.1, 0.15) is 0 Å². The lowest BCUT2D eigenvalue weighted by atomic mass is 9.85. The van der Waals surface area contributed by atoms with Crippen LogP contribution in [-0.4, -0.2) is 9.13 Å². The summed E-state index contributed by atoms with van der Waals surface area (Å²) >= 11 is 0. The molecule has 0 fully saturated rings. The smallest absolute Gasteiger partial charge is 0.0541 e. The normalized spacial score (nSPS) is 11.6. The number of nitrogens with zero attached hydrogens (tertiary/aromatic N) is 4. The molecule has 4 heteroatoms. The zero-order chi connectivity index (χ0) is 75.7. The van der Waals surface area contributed by atoms with E-state index in [4.69, 9.17) is 0 Å². The van der Waals surface area contributed by atoms with Gasteiger partial charge in [-0.2, -0.15) is 0 Å². The third kappa shape index (κ3) is 11.7. The summed E-state index contributed by atoms with van der Waals surface area (Å²) in [6.45, 7) is 4.39. The molecule has 536 valence electrons. The van der Waals surface area contributed by atoms with Crippen molar-refractivity contribution < 1.29 is 0 Å². The third-order valence-electron chi connectivity index (χ3n) is 23.2. The zero-order valence-electron chi connectivity index (χ0n) is 63.2. The van der Waals surface area contributed by atoms with E-state index in [2.05, 4.69) is 457 Å². The monoisotopic (exact) mass is 1450 g/mol. The Balaban J connectivity index is 0.000000143. The van der Waals surface area contributed by atoms with Gasteiger partial charge in [-0.1, -0.05) is 302 Å². The van der Waals surface area contributed by atoms with E-state index in [9.17, 15) is 0 Å². The molecule has 0 aliphatic carbocycles. The molecule has 2 heterocycles. The number of rotatable bonds is 12. The van der Waals surface area contributed by atoms with Crippen LogP contribution in [0.3, 0.4) is 0 Å². The number of hydrogen-bond donors (Lipinski definition) is 0. The molecule has 2 aromatic heterocycles. The van der Waals surface area contributed by atoms with Crippen molar-refractivity contribution in [3.63, 3.8) is 0 Å². The van der Waals surface area contributed by atoms with Crippen molar-refractivity contribution >= 4 is 142 Å². The molecule has 114 heavy (non-hydrogen) atoms. The second kappa shape index (κ2) is 28.2. The predicted molar refractivity (Wildman–Crippen MR) is 487 cm³/mol. The van der Waals surface area contributed by atoms with Crippen LogP contribution in [0.15, 0.2) is 425 Å². The average molecular weight is 1450 g/mol. The first-order valence-corrected chi connectivity index (χ1v) is 39.4. The first-order valence-electron chi connectivity index (χ1n) is 39.4. The number of para-hydroxylation sites is 6. The van der Waals surface area contributed by atoms with E-state index in [1.165, 1.54) is 164 Å². The van der Waals surface area contributed by atoms with Gasteiger partial charge in [0.25, 0.3) is 0 Å². The van der Waals surface area contributed by atoms with Crippen LogP contribution in [0.4, 0.5) is 34.1 Å². The van der Waals surface area contributed by atoms with Gasteiger partial charge in [-0.3, -0.25) is 0 Å². The van der Waals surface area contributed by atoms with Gasteiger partial charge in [-0.25, -0.2) is 0 Å². The van der Waals surface area contributed by atoms with Crippen molar-refractivity contribution in [2.24, 2.45) is 0 Å². The number of hydrogen-bond acceptors (Lipinski definition) is 2. The van der Waals surface area contributed by atoms with Gasteiger partial charge in [-0.05, 0) is 256 Å². The second-order valence-corrected chi connectivity index (χ2v) is 30.0. The van der Waals surface area contributed by atoms with Gasteiger partial charge in [0, 0.05) is 67.0 Å². The van der Waals surface area contributed by atoms with Gasteiger partial charge in [0.05, 0.1) is 22.1 Å². The standard InChI is InChI=1S/2C55H38N2/c1-37-23-34-50-51(35-37)54(48-19-7-8-20-49(48)55(50)41-25-24-38-13-5-6-14-40(38)36-41)39-26-28-43(29-27-39)56(42-15-3-2-4-16-42)44-30-32-45(33-31-44)57-52-21-11-9-17-46(52)47-18-10-12-22-53(47)57;1-37-23-34-50-51(35-37)55(41-25-24-38-13-5-6-14-40(38)36-41)49-20-8-7-19-48(49)54(50)39-26-28-43(29-27-39)56(42-15-3-2-4-16-42)44-30-32-45(33-31-44)57-52-21-11-9-17-46(52)47-18-10-12-22-53(47)57/h2*2-36H,1H3. The Morgan fingerprint density at radius 3 is 0.763 bits per heavy atom. The highest BCUT2D eigenvalue weighted by molar-refractivity contribution is 6.24. The van der Waals surface area contributed by atoms with Crippen molar-refractivity contribution in [2.75, 3.05) is 9.80 Å². The summed E-state index contributed by atoms with van der Waals surface area (Å²) in [6, 6.07) is 155. The fourth-order valence-corrected chi connectivity index (χ4v) is 18.0. The Bertz CT molecular complexity index is 7360. The zero-order valence-corrected chi connectivity index (χ0v) is 63.2. The van der Waals surface area contributed by atoms with Gasteiger partial charge < -0.3 is 18.9 Å². The Morgan fingerprint density at radius 1 is 0.167 bits per heavy atom. The highest BCUT2D eigenvalue weighted by atomic mass is 15.1. The molecule has 0 saturated carbocycles. The van der Waals surface area contributed by atoms with Gasteiger partial charge >= 0.3 is 0 Å². The number of anilines is 6. The maximum Gasteiger partial charge on any atom is 0.0541 e. The van der Waals surface area contributed by atoms with E-state index >= 15 is 0 Å². The summed E-state index contributed by atoms with van der Waals surface area (Å²) in [4.78, 5) is 4.70. The molecule has 20 aromatic carbocycles. The minimum Gasteiger partial charge on any atom is -0.311 e. The van der Waals surface area contributed by atoms with Gasteiger partial charge in [0.15, 0.2) is 0 Å². The van der Waals surface area contributed by atoms with E-state index < -0.39 is 0 Å². The van der Waals surface area contributed by atoms with Crippen LogP contribution in [0.5, 0.6) is 0 Å². The Kier molecular flexibility index (Phi) is 16.7. The van der Waals surface area contributed by atoms with Gasteiger partial charge in [0.2, 0.25) is 0 Å². The maximum absolute atomic E-state index is 2.37. The lowest BCUT2D eigenvalue weighted by molar-refractivity contribution is 1.17.